The number of benzene rings is 2. The molecule has 0 saturated heterocycles. The van der Waals surface area contributed by atoms with E-state index < -0.39 is 5.82 Å². The Morgan fingerprint density at radius 1 is 1.09 bits per heavy atom. The van der Waals surface area contributed by atoms with Crippen LogP contribution >= 0.6 is 0 Å². The molecule has 22 heavy (non-hydrogen) atoms. The van der Waals surface area contributed by atoms with Crippen molar-refractivity contribution in [1.82, 2.24) is 4.90 Å². The molecule has 0 unspecified atom stereocenters. The van der Waals surface area contributed by atoms with E-state index in [2.05, 4.69) is 12.1 Å². The van der Waals surface area contributed by atoms with Gasteiger partial charge in [-0.3, -0.25) is 4.79 Å². The minimum Gasteiger partial charge on any atom is -0.490 e. The lowest BCUT2D eigenvalue weighted by Crippen LogP contribution is -2.36. The summed E-state index contributed by atoms with van der Waals surface area (Å²) in [5.41, 5.74) is 2.52. The first-order valence-electron chi connectivity index (χ1n) is 7.46. The van der Waals surface area contributed by atoms with Crippen LogP contribution in [0.1, 0.15) is 17.5 Å². The minimum absolute atomic E-state index is 0.0471. The molecule has 0 aromatic heterocycles. The molecular formula is C18H18FNO2. The van der Waals surface area contributed by atoms with Gasteiger partial charge in [0.15, 0.2) is 11.6 Å². The highest BCUT2D eigenvalue weighted by Gasteiger charge is 2.20. The SMILES string of the molecule is O=C(CCOc1ccccc1F)N1CCc2ccccc2C1. The summed E-state index contributed by atoms with van der Waals surface area (Å²) in [6.45, 7) is 1.57. The highest BCUT2D eigenvalue weighted by Crippen LogP contribution is 2.19. The van der Waals surface area contributed by atoms with Gasteiger partial charge in [-0.1, -0.05) is 36.4 Å². The fourth-order valence-corrected chi connectivity index (χ4v) is 2.68. The van der Waals surface area contributed by atoms with Crippen molar-refractivity contribution in [1.29, 1.82) is 0 Å². The van der Waals surface area contributed by atoms with Gasteiger partial charge < -0.3 is 9.64 Å². The predicted octanol–water partition coefficient (Wildman–Crippen LogP) is 3.18. The quantitative estimate of drug-likeness (QED) is 0.868. The minimum atomic E-state index is -0.401. The van der Waals surface area contributed by atoms with E-state index in [1.54, 1.807) is 18.2 Å². The van der Waals surface area contributed by atoms with Gasteiger partial charge in [-0.05, 0) is 29.7 Å². The maximum atomic E-state index is 13.4. The second kappa shape index (κ2) is 6.60. The van der Waals surface area contributed by atoms with E-state index in [0.29, 0.717) is 6.54 Å². The molecule has 1 aliphatic rings. The second-order valence-electron chi connectivity index (χ2n) is 5.36. The summed E-state index contributed by atoms with van der Waals surface area (Å²) in [5, 5.41) is 0. The third-order valence-corrected chi connectivity index (χ3v) is 3.89. The van der Waals surface area contributed by atoms with Gasteiger partial charge in [0.2, 0.25) is 5.91 Å². The molecule has 0 saturated carbocycles. The molecule has 0 N–H and O–H groups in total. The lowest BCUT2D eigenvalue weighted by atomic mass is 10.00. The van der Waals surface area contributed by atoms with Crippen LogP contribution in [0.3, 0.4) is 0 Å². The number of para-hydroxylation sites is 1. The van der Waals surface area contributed by atoms with Gasteiger partial charge in [0, 0.05) is 13.1 Å². The summed E-state index contributed by atoms with van der Waals surface area (Å²) >= 11 is 0. The molecule has 0 bridgehead atoms. The molecule has 0 radical (unpaired) electrons. The van der Waals surface area contributed by atoms with Gasteiger partial charge in [-0.2, -0.15) is 0 Å². The summed E-state index contributed by atoms with van der Waals surface area (Å²) in [4.78, 5) is 14.1. The van der Waals surface area contributed by atoms with E-state index in [4.69, 9.17) is 4.74 Å². The molecule has 114 valence electrons. The first kappa shape index (κ1) is 14.6. The second-order valence-corrected chi connectivity index (χ2v) is 5.36. The van der Waals surface area contributed by atoms with E-state index in [0.717, 1.165) is 13.0 Å². The van der Waals surface area contributed by atoms with Crippen LogP contribution in [0.4, 0.5) is 4.39 Å². The van der Waals surface area contributed by atoms with Crippen molar-refractivity contribution in [2.24, 2.45) is 0 Å². The van der Waals surface area contributed by atoms with Gasteiger partial charge >= 0.3 is 0 Å². The number of rotatable bonds is 4. The molecular weight excluding hydrogens is 281 g/mol. The van der Waals surface area contributed by atoms with E-state index in [1.807, 2.05) is 17.0 Å². The third-order valence-electron chi connectivity index (χ3n) is 3.89. The van der Waals surface area contributed by atoms with Crippen LogP contribution in [-0.2, 0) is 17.8 Å². The van der Waals surface area contributed by atoms with Crippen LogP contribution in [0.15, 0.2) is 48.5 Å². The molecule has 1 amide bonds. The Morgan fingerprint density at radius 2 is 1.82 bits per heavy atom. The van der Waals surface area contributed by atoms with Crippen molar-refractivity contribution >= 4 is 5.91 Å². The van der Waals surface area contributed by atoms with Crippen LogP contribution < -0.4 is 4.74 Å². The van der Waals surface area contributed by atoms with Gasteiger partial charge in [-0.25, -0.2) is 4.39 Å². The maximum Gasteiger partial charge on any atom is 0.226 e. The van der Waals surface area contributed by atoms with Crippen LogP contribution in [-0.4, -0.2) is 24.0 Å². The van der Waals surface area contributed by atoms with E-state index in [-0.39, 0.29) is 24.7 Å². The highest BCUT2D eigenvalue weighted by atomic mass is 19.1. The average Bonchev–Trinajstić information content (AvgIpc) is 2.56. The standard InChI is InChI=1S/C18H18FNO2/c19-16-7-3-4-8-17(16)22-12-10-18(21)20-11-9-14-5-1-2-6-15(14)13-20/h1-8H,9-13H2. The number of fused-ring (bicyclic) bond motifs is 1. The van der Waals surface area contributed by atoms with E-state index in [1.165, 1.54) is 17.2 Å². The maximum absolute atomic E-state index is 13.4. The lowest BCUT2D eigenvalue weighted by Gasteiger charge is -2.28. The molecule has 0 atom stereocenters. The first-order valence-corrected chi connectivity index (χ1v) is 7.46. The average molecular weight is 299 g/mol. The topological polar surface area (TPSA) is 29.5 Å². The molecule has 1 aliphatic heterocycles. The monoisotopic (exact) mass is 299 g/mol. The lowest BCUT2D eigenvalue weighted by molar-refractivity contribution is -0.132. The Balaban J connectivity index is 1.52. The molecule has 0 fully saturated rings. The fourth-order valence-electron chi connectivity index (χ4n) is 2.68. The van der Waals surface area contributed by atoms with Crippen molar-refractivity contribution in [3.8, 4) is 5.75 Å². The summed E-state index contributed by atoms with van der Waals surface area (Å²) < 4.78 is 18.8. The molecule has 2 aromatic carbocycles. The molecule has 4 heteroatoms. The summed E-state index contributed by atoms with van der Waals surface area (Å²) in [6.07, 6.45) is 1.15. The number of hydrogen-bond acceptors (Lipinski definition) is 2. The number of ether oxygens (including phenoxy) is 1. The molecule has 1 heterocycles. The van der Waals surface area contributed by atoms with Gasteiger partial charge in [-0.15, -0.1) is 0 Å². The van der Waals surface area contributed by atoms with Crippen molar-refractivity contribution in [2.45, 2.75) is 19.4 Å². The Morgan fingerprint density at radius 3 is 2.64 bits per heavy atom. The molecule has 3 rings (SSSR count). The molecule has 0 spiro atoms. The van der Waals surface area contributed by atoms with Crippen molar-refractivity contribution < 1.29 is 13.9 Å². The summed E-state index contributed by atoms with van der Waals surface area (Å²) in [6, 6.07) is 14.4. The Bertz CT molecular complexity index is 672. The number of nitrogens with zero attached hydrogens (tertiary/aromatic N) is 1. The zero-order chi connectivity index (χ0) is 15.4. The highest BCUT2D eigenvalue weighted by molar-refractivity contribution is 5.76. The summed E-state index contributed by atoms with van der Waals surface area (Å²) in [5.74, 6) is -0.160. The largest absolute Gasteiger partial charge is 0.490 e. The van der Waals surface area contributed by atoms with E-state index >= 15 is 0 Å². The van der Waals surface area contributed by atoms with Crippen molar-refractivity contribution in [3.63, 3.8) is 0 Å². The molecule has 3 nitrogen and oxygen atoms in total. The zero-order valence-corrected chi connectivity index (χ0v) is 12.3. The van der Waals surface area contributed by atoms with Crippen LogP contribution in [0.2, 0.25) is 0 Å². The van der Waals surface area contributed by atoms with Gasteiger partial charge in [0.05, 0.1) is 13.0 Å². The van der Waals surface area contributed by atoms with Crippen LogP contribution in [0.25, 0.3) is 0 Å². The van der Waals surface area contributed by atoms with Gasteiger partial charge in [0.25, 0.3) is 0 Å². The third kappa shape index (κ3) is 3.27. The number of halogens is 1. The number of carbonyl (C=O) groups excluding carboxylic acids is 1. The zero-order valence-electron chi connectivity index (χ0n) is 12.3. The first-order chi connectivity index (χ1) is 10.7. The fraction of sp³-hybridized carbons (Fsp3) is 0.278. The normalized spacial score (nSPS) is 13.6. The van der Waals surface area contributed by atoms with Crippen molar-refractivity contribution in [3.05, 3.63) is 65.5 Å². The Kier molecular flexibility index (Phi) is 4.37. The molecule has 2 aromatic rings. The van der Waals surface area contributed by atoms with E-state index in [9.17, 15) is 9.18 Å². The van der Waals surface area contributed by atoms with Gasteiger partial charge in [0.1, 0.15) is 0 Å². The van der Waals surface area contributed by atoms with Crippen LogP contribution in [0.5, 0.6) is 5.75 Å². The number of amides is 1. The van der Waals surface area contributed by atoms with Crippen LogP contribution in [0, 0.1) is 5.82 Å². The molecule has 0 aliphatic carbocycles. The number of carbonyl (C=O) groups is 1. The predicted molar refractivity (Wildman–Crippen MR) is 82.1 cm³/mol. The summed E-state index contributed by atoms with van der Waals surface area (Å²) in [7, 11) is 0. The van der Waals surface area contributed by atoms with Crippen molar-refractivity contribution in [2.75, 3.05) is 13.2 Å². The smallest absolute Gasteiger partial charge is 0.226 e. The Labute approximate surface area is 129 Å². The Hall–Kier alpha value is -2.36. The number of hydrogen-bond donors (Lipinski definition) is 0.